The van der Waals surface area contributed by atoms with Crippen molar-refractivity contribution in [1.82, 2.24) is 9.62 Å². The van der Waals surface area contributed by atoms with E-state index in [2.05, 4.69) is 5.32 Å². The second-order valence-corrected chi connectivity index (χ2v) is 7.88. The first kappa shape index (κ1) is 16.4. The summed E-state index contributed by atoms with van der Waals surface area (Å²) in [5.74, 6) is 0. The third-order valence-electron chi connectivity index (χ3n) is 3.97. The molecule has 1 N–H and O–H groups in total. The van der Waals surface area contributed by atoms with Gasteiger partial charge in [-0.2, -0.15) is 4.31 Å². The highest BCUT2D eigenvalue weighted by Crippen LogP contribution is 2.28. The van der Waals surface area contributed by atoms with Gasteiger partial charge in [0.2, 0.25) is 10.0 Å². The molecule has 1 aromatic rings. The molecule has 6 heteroatoms. The molecule has 0 aromatic heterocycles. The van der Waals surface area contributed by atoms with Gasteiger partial charge in [0.15, 0.2) is 0 Å². The molecule has 1 fully saturated rings. The van der Waals surface area contributed by atoms with Crippen molar-refractivity contribution < 1.29 is 13.2 Å². The molecule has 2 rings (SSSR count). The fourth-order valence-electron chi connectivity index (χ4n) is 2.51. The summed E-state index contributed by atoms with van der Waals surface area (Å²) in [6.07, 6.45) is 0. The average molecular weight is 312 g/mol. The molecule has 0 bridgehead atoms. The van der Waals surface area contributed by atoms with E-state index in [0.717, 1.165) is 5.56 Å². The molecule has 21 heavy (non-hydrogen) atoms. The van der Waals surface area contributed by atoms with E-state index in [1.165, 1.54) is 0 Å². The maximum atomic E-state index is 12.8. The van der Waals surface area contributed by atoms with Crippen LogP contribution < -0.4 is 5.32 Å². The molecule has 1 aliphatic rings. The number of hydrogen-bond donors (Lipinski definition) is 1. The van der Waals surface area contributed by atoms with Crippen LogP contribution >= 0.6 is 0 Å². The molecule has 1 unspecified atom stereocenters. The highest BCUT2D eigenvalue weighted by Gasteiger charge is 2.39. The van der Waals surface area contributed by atoms with E-state index < -0.39 is 15.6 Å². The predicted molar refractivity (Wildman–Crippen MR) is 82.7 cm³/mol. The third-order valence-corrected chi connectivity index (χ3v) is 6.10. The summed E-state index contributed by atoms with van der Waals surface area (Å²) in [6.45, 7) is 7.07. The van der Waals surface area contributed by atoms with Crippen LogP contribution in [0.5, 0.6) is 0 Å². The highest BCUT2D eigenvalue weighted by atomic mass is 32.2. The summed E-state index contributed by atoms with van der Waals surface area (Å²) in [6, 6.07) is 7.29. The number of nitrogens with zero attached hydrogens (tertiary/aromatic N) is 1. The Hall–Kier alpha value is -0.950. The van der Waals surface area contributed by atoms with Gasteiger partial charge >= 0.3 is 0 Å². The lowest BCUT2D eigenvalue weighted by atomic mass is 10.1. The van der Waals surface area contributed by atoms with E-state index in [4.69, 9.17) is 4.74 Å². The molecule has 0 amide bonds. The Kier molecular flexibility index (Phi) is 4.72. The average Bonchev–Trinajstić information content (AvgIpc) is 2.45. The number of ether oxygens (including phenoxy) is 1. The monoisotopic (exact) mass is 312 g/mol. The zero-order chi connectivity index (χ0) is 15.7. The minimum Gasteiger partial charge on any atom is -0.378 e. The molecule has 0 saturated carbocycles. The lowest BCUT2D eigenvalue weighted by Gasteiger charge is -2.40. The SMILES string of the molecule is CNC(C)c1ccc(S(=O)(=O)N2CCOCC2(C)C)cc1. The Labute approximate surface area is 127 Å². The molecule has 0 aliphatic carbocycles. The zero-order valence-corrected chi connectivity index (χ0v) is 13.9. The molecule has 1 saturated heterocycles. The first-order chi connectivity index (χ1) is 9.79. The largest absolute Gasteiger partial charge is 0.378 e. The third kappa shape index (κ3) is 3.29. The van der Waals surface area contributed by atoms with Crippen molar-refractivity contribution in [1.29, 1.82) is 0 Å². The fourth-order valence-corrected chi connectivity index (χ4v) is 4.26. The standard InChI is InChI=1S/C15H24N2O3S/c1-12(16-4)13-5-7-14(8-6-13)21(18,19)17-9-10-20-11-15(17,2)3/h5-8,12,16H,9-11H2,1-4H3. The summed E-state index contributed by atoms with van der Waals surface area (Å²) < 4.78 is 32.6. The molecule has 0 spiro atoms. The maximum Gasteiger partial charge on any atom is 0.243 e. The molecule has 1 aromatic carbocycles. The summed E-state index contributed by atoms with van der Waals surface area (Å²) in [7, 11) is -1.61. The molecule has 5 nitrogen and oxygen atoms in total. The van der Waals surface area contributed by atoms with E-state index >= 15 is 0 Å². The fraction of sp³-hybridized carbons (Fsp3) is 0.600. The van der Waals surface area contributed by atoms with Crippen LogP contribution in [-0.4, -0.2) is 45.1 Å². The molecular weight excluding hydrogens is 288 g/mol. The number of benzene rings is 1. The van der Waals surface area contributed by atoms with Gasteiger partial charge in [-0.15, -0.1) is 0 Å². The molecule has 0 radical (unpaired) electrons. The molecule has 1 aliphatic heterocycles. The number of rotatable bonds is 4. The molecule has 1 heterocycles. The normalized spacial score (nSPS) is 21.1. The van der Waals surface area contributed by atoms with Gasteiger partial charge in [-0.25, -0.2) is 8.42 Å². The number of nitrogens with one attached hydrogen (secondary N) is 1. The Morgan fingerprint density at radius 3 is 2.43 bits per heavy atom. The van der Waals surface area contributed by atoms with Crippen LogP contribution in [0.3, 0.4) is 0 Å². The summed E-state index contributed by atoms with van der Waals surface area (Å²) in [5, 5.41) is 3.14. The van der Waals surface area contributed by atoms with Gasteiger partial charge in [-0.1, -0.05) is 12.1 Å². The molecular formula is C15H24N2O3S. The van der Waals surface area contributed by atoms with Crippen LogP contribution in [0, 0.1) is 0 Å². The topological polar surface area (TPSA) is 58.6 Å². The van der Waals surface area contributed by atoms with Gasteiger partial charge < -0.3 is 10.1 Å². The van der Waals surface area contributed by atoms with Crippen LogP contribution in [0.2, 0.25) is 0 Å². The smallest absolute Gasteiger partial charge is 0.243 e. The highest BCUT2D eigenvalue weighted by molar-refractivity contribution is 7.89. The number of morpholine rings is 1. The predicted octanol–water partition coefficient (Wildman–Crippen LogP) is 1.77. The Morgan fingerprint density at radius 1 is 1.29 bits per heavy atom. The number of hydrogen-bond acceptors (Lipinski definition) is 4. The van der Waals surface area contributed by atoms with Crippen molar-refractivity contribution in [2.24, 2.45) is 0 Å². The van der Waals surface area contributed by atoms with Gasteiger partial charge in [0, 0.05) is 12.6 Å². The van der Waals surface area contributed by atoms with Gasteiger partial charge in [0.05, 0.1) is 23.6 Å². The maximum absolute atomic E-state index is 12.8. The van der Waals surface area contributed by atoms with Crippen molar-refractivity contribution in [3.8, 4) is 0 Å². The van der Waals surface area contributed by atoms with E-state index in [1.807, 2.05) is 40.0 Å². The second kappa shape index (κ2) is 6.04. The number of sulfonamides is 1. The van der Waals surface area contributed by atoms with Crippen molar-refractivity contribution in [3.05, 3.63) is 29.8 Å². The first-order valence-corrected chi connectivity index (χ1v) is 8.61. The van der Waals surface area contributed by atoms with Gasteiger partial charge in [-0.3, -0.25) is 0 Å². The zero-order valence-electron chi connectivity index (χ0n) is 13.1. The molecule has 1 atom stereocenters. The lowest BCUT2D eigenvalue weighted by molar-refractivity contribution is -0.00770. The van der Waals surface area contributed by atoms with Crippen molar-refractivity contribution >= 4 is 10.0 Å². The Morgan fingerprint density at radius 2 is 1.90 bits per heavy atom. The summed E-state index contributed by atoms with van der Waals surface area (Å²) >= 11 is 0. The van der Waals surface area contributed by atoms with Gasteiger partial charge in [0.25, 0.3) is 0 Å². The van der Waals surface area contributed by atoms with E-state index in [1.54, 1.807) is 16.4 Å². The van der Waals surface area contributed by atoms with Crippen LogP contribution in [0.1, 0.15) is 32.4 Å². The Bertz CT molecular complexity index is 581. The summed E-state index contributed by atoms with van der Waals surface area (Å²) in [4.78, 5) is 0.338. The van der Waals surface area contributed by atoms with E-state index in [9.17, 15) is 8.42 Å². The van der Waals surface area contributed by atoms with Crippen LogP contribution in [0.15, 0.2) is 29.2 Å². The quantitative estimate of drug-likeness (QED) is 0.920. The van der Waals surface area contributed by atoms with Crippen molar-refractivity contribution in [3.63, 3.8) is 0 Å². The van der Waals surface area contributed by atoms with E-state index in [0.29, 0.717) is 24.7 Å². The second-order valence-electron chi connectivity index (χ2n) is 6.02. The minimum atomic E-state index is -3.49. The van der Waals surface area contributed by atoms with Crippen LogP contribution in [0.25, 0.3) is 0 Å². The van der Waals surface area contributed by atoms with Crippen LogP contribution in [0.4, 0.5) is 0 Å². The Balaban J connectivity index is 2.31. The molecule has 118 valence electrons. The lowest BCUT2D eigenvalue weighted by Crippen LogP contribution is -2.55. The summed E-state index contributed by atoms with van der Waals surface area (Å²) in [5.41, 5.74) is 0.547. The first-order valence-electron chi connectivity index (χ1n) is 7.17. The van der Waals surface area contributed by atoms with Crippen LogP contribution in [-0.2, 0) is 14.8 Å². The van der Waals surface area contributed by atoms with E-state index in [-0.39, 0.29) is 6.04 Å². The minimum absolute atomic E-state index is 0.196. The van der Waals surface area contributed by atoms with Gasteiger partial charge in [-0.05, 0) is 45.5 Å². The van der Waals surface area contributed by atoms with Crippen molar-refractivity contribution in [2.45, 2.75) is 37.2 Å². The van der Waals surface area contributed by atoms with Crippen molar-refractivity contribution in [2.75, 3.05) is 26.8 Å². The van der Waals surface area contributed by atoms with Gasteiger partial charge in [0.1, 0.15) is 0 Å².